The second-order valence-electron chi connectivity index (χ2n) is 3.93. The Morgan fingerprint density at radius 3 is 2.71 bits per heavy atom. The van der Waals surface area contributed by atoms with E-state index in [0.29, 0.717) is 12.2 Å². The molecule has 2 atom stereocenters. The van der Waals surface area contributed by atoms with E-state index < -0.39 is 22.4 Å². The minimum Gasteiger partial charge on any atom is -0.328 e. The Morgan fingerprint density at radius 1 is 1.41 bits per heavy atom. The maximum absolute atomic E-state index is 13.3. The van der Waals surface area contributed by atoms with Crippen molar-refractivity contribution in [2.45, 2.75) is 37.1 Å². The van der Waals surface area contributed by atoms with Gasteiger partial charge in [-0.05, 0) is 31.4 Å². The zero-order valence-corrected chi connectivity index (χ0v) is 10.6. The molecular formula is C12H17F2NOS. The summed E-state index contributed by atoms with van der Waals surface area (Å²) >= 11 is 0. The van der Waals surface area contributed by atoms with Gasteiger partial charge in [0.15, 0.2) is 0 Å². The van der Waals surface area contributed by atoms with Crippen molar-refractivity contribution in [2.75, 3.05) is 5.75 Å². The van der Waals surface area contributed by atoms with Gasteiger partial charge in [0.25, 0.3) is 0 Å². The molecule has 0 bridgehead atoms. The first kappa shape index (κ1) is 14.3. The number of rotatable bonds is 6. The molecule has 0 saturated carbocycles. The first-order valence-electron chi connectivity index (χ1n) is 5.63. The molecule has 2 nitrogen and oxygen atoms in total. The standard InChI is InChI=1S/C12H17F2NOS/c1-2-10(15)4-3-7-17(16)12-6-5-9(13)8-11(12)14/h5-6,8,10H,2-4,7,15H2,1H3. The van der Waals surface area contributed by atoms with Gasteiger partial charge in [-0.2, -0.15) is 0 Å². The molecule has 0 aliphatic rings. The quantitative estimate of drug-likeness (QED) is 0.855. The van der Waals surface area contributed by atoms with Gasteiger partial charge in [0, 0.05) is 17.9 Å². The van der Waals surface area contributed by atoms with E-state index in [1.807, 2.05) is 6.92 Å². The molecule has 96 valence electrons. The van der Waals surface area contributed by atoms with Gasteiger partial charge in [-0.15, -0.1) is 0 Å². The van der Waals surface area contributed by atoms with Crippen LogP contribution in [0.4, 0.5) is 8.78 Å². The Labute approximate surface area is 103 Å². The third-order valence-corrected chi connectivity index (χ3v) is 4.05. The molecule has 0 aliphatic carbocycles. The second-order valence-corrected chi connectivity index (χ2v) is 5.47. The van der Waals surface area contributed by atoms with E-state index in [1.165, 1.54) is 6.07 Å². The van der Waals surface area contributed by atoms with Crippen LogP contribution in [-0.2, 0) is 10.8 Å². The monoisotopic (exact) mass is 261 g/mol. The fourth-order valence-electron chi connectivity index (χ4n) is 1.45. The van der Waals surface area contributed by atoms with Crippen molar-refractivity contribution in [1.82, 2.24) is 0 Å². The minimum absolute atomic E-state index is 0.0662. The molecule has 1 aromatic carbocycles. The Bertz CT molecular complexity index is 398. The second kappa shape index (κ2) is 6.81. The van der Waals surface area contributed by atoms with Gasteiger partial charge >= 0.3 is 0 Å². The van der Waals surface area contributed by atoms with Crippen molar-refractivity contribution in [2.24, 2.45) is 5.73 Å². The molecule has 0 heterocycles. The zero-order chi connectivity index (χ0) is 12.8. The van der Waals surface area contributed by atoms with Crippen LogP contribution in [0.15, 0.2) is 23.1 Å². The Kier molecular flexibility index (Phi) is 5.71. The van der Waals surface area contributed by atoms with Gasteiger partial charge in [0.05, 0.1) is 15.7 Å². The first-order chi connectivity index (χ1) is 8.04. The van der Waals surface area contributed by atoms with E-state index in [1.54, 1.807) is 0 Å². The predicted molar refractivity (Wildman–Crippen MR) is 65.1 cm³/mol. The van der Waals surface area contributed by atoms with Gasteiger partial charge in [0.1, 0.15) is 11.6 Å². The van der Waals surface area contributed by atoms with Crippen LogP contribution in [0.2, 0.25) is 0 Å². The molecule has 1 aromatic rings. The van der Waals surface area contributed by atoms with Crippen molar-refractivity contribution in [3.8, 4) is 0 Å². The Morgan fingerprint density at radius 2 is 2.12 bits per heavy atom. The lowest BCUT2D eigenvalue weighted by molar-refractivity contribution is 0.560. The highest BCUT2D eigenvalue weighted by Gasteiger charge is 2.11. The summed E-state index contributed by atoms with van der Waals surface area (Å²) in [6.45, 7) is 1.99. The third-order valence-electron chi connectivity index (χ3n) is 2.57. The van der Waals surface area contributed by atoms with E-state index in [4.69, 9.17) is 5.73 Å². The Balaban J connectivity index is 2.52. The van der Waals surface area contributed by atoms with Crippen molar-refractivity contribution >= 4 is 10.8 Å². The summed E-state index contributed by atoms with van der Waals surface area (Å²) < 4.78 is 37.7. The van der Waals surface area contributed by atoms with Crippen molar-refractivity contribution in [3.05, 3.63) is 29.8 Å². The molecule has 1 rings (SSSR count). The maximum atomic E-state index is 13.3. The third kappa shape index (κ3) is 4.52. The van der Waals surface area contributed by atoms with Crippen LogP contribution >= 0.6 is 0 Å². The van der Waals surface area contributed by atoms with E-state index >= 15 is 0 Å². The van der Waals surface area contributed by atoms with Gasteiger partial charge in [-0.25, -0.2) is 8.78 Å². The molecule has 2 N–H and O–H groups in total. The minimum atomic E-state index is -1.42. The number of halogens is 2. The fraction of sp³-hybridized carbons (Fsp3) is 0.500. The maximum Gasteiger partial charge on any atom is 0.142 e. The normalized spacial score (nSPS) is 14.6. The highest BCUT2D eigenvalue weighted by molar-refractivity contribution is 7.85. The highest BCUT2D eigenvalue weighted by atomic mass is 32.2. The van der Waals surface area contributed by atoms with E-state index in [9.17, 15) is 13.0 Å². The molecule has 17 heavy (non-hydrogen) atoms. The van der Waals surface area contributed by atoms with Crippen molar-refractivity contribution in [3.63, 3.8) is 0 Å². The molecule has 0 aromatic heterocycles. The summed E-state index contributed by atoms with van der Waals surface area (Å²) in [6, 6.07) is 3.21. The highest BCUT2D eigenvalue weighted by Crippen LogP contribution is 2.15. The smallest absolute Gasteiger partial charge is 0.142 e. The van der Waals surface area contributed by atoms with Crippen LogP contribution in [0.5, 0.6) is 0 Å². The molecule has 0 saturated heterocycles. The number of hydrogen-bond acceptors (Lipinski definition) is 2. The van der Waals surface area contributed by atoms with Crippen LogP contribution < -0.4 is 5.73 Å². The van der Waals surface area contributed by atoms with Gasteiger partial charge in [-0.3, -0.25) is 4.21 Å². The van der Waals surface area contributed by atoms with Crippen LogP contribution in [0.25, 0.3) is 0 Å². The topological polar surface area (TPSA) is 43.1 Å². The average molecular weight is 261 g/mol. The molecular weight excluding hydrogens is 244 g/mol. The molecule has 0 radical (unpaired) electrons. The summed E-state index contributed by atoms with van der Waals surface area (Å²) in [6.07, 6.45) is 2.32. The van der Waals surface area contributed by atoms with Crippen LogP contribution in [0, 0.1) is 11.6 Å². The van der Waals surface area contributed by atoms with Gasteiger partial charge in [0.2, 0.25) is 0 Å². The average Bonchev–Trinajstić information content (AvgIpc) is 2.28. The van der Waals surface area contributed by atoms with E-state index in [0.717, 1.165) is 25.0 Å². The van der Waals surface area contributed by atoms with Gasteiger partial charge < -0.3 is 5.73 Å². The SMILES string of the molecule is CCC(N)CCCS(=O)c1ccc(F)cc1F. The largest absolute Gasteiger partial charge is 0.328 e. The van der Waals surface area contributed by atoms with E-state index in [2.05, 4.69) is 0 Å². The summed E-state index contributed by atoms with van der Waals surface area (Å²) in [5.41, 5.74) is 5.73. The lowest BCUT2D eigenvalue weighted by atomic mass is 10.1. The van der Waals surface area contributed by atoms with Gasteiger partial charge in [-0.1, -0.05) is 6.92 Å². The zero-order valence-electron chi connectivity index (χ0n) is 9.79. The number of benzene rings is 1. The van der Waals surface area contributed by atoms with Crippen LogP contribution in [-0.4, -0.2) is 16.0 Å². The summed E-state index contributed by atoms with van der Waals surface area (Å²) in [4.78, 5) is 0.0662. The predicted octanol–water partition coefficient (Wildman–Crippen LogP) is 2.59. The lowest BCUT2D eigenvalue weighted by Crippen LogP contribution is -2.19. The molecule has 0 spiro atoms. The fourth-order valence-corrected chi connectivity index (χ4v) is 2.60. The molecule has 2 unspecified atom stereocenters. The molecule has 0 aliphatic heterocycles. The molecule has 5 heteroatoms. The lowest BCUT2D eigenvalue weighted by Gasteiger charge is -2.08. The van der Waals surface area contributed by atoms with Crippen LogP contribution in [0.1, 0.15) is 26.2 Å². The number of hydrogen-bond donors (Lipinski definition) is 1. The first-order valence-corrected chi connectivity index (χ1v) is 6.95. The summed E-state index contributed by atoms with van der Waals surface area (Å²) in [5, 5.41) is 0. The Hall–Kier alpha value is -0.810. The van der Waals surface area contributed by atoms with Crippen molar-refractivity contribution < 1.29 is 13.0 Å². The summed E-state index contributed by atoms with van der Waals surface area (Å²) in [5.74, 6) is -1.05. The molecule has 0 fully saturated rings. The molecule has 0 amide bonds. The van der Waals surface area contributed by atoms with Crippen LogP contribution in [0.3, 0.4) is 0 Å². The van der Waals surface area contributed by atoms with E-state index in [-0.39, 0.29) is 10.9 Å². The number of nitrogens with two attached hydrogens (primary N) is 1. The van der Waals surface area contributed by atoms with Crippen molar-refractivity contribution in [1.29, 1.82) is 0 Å². The summed E-state index contributed by atoms with van der Waals surface area (Å²) in [7, 11) is -1.42.